The minimum atomic E-state index is 0.521. The first-order chi connectivity index (χ1) is 4.31. The molecule has 0 aromatic carbocycles. The molecule has 0 aromatic heterocycles. The van der Waals surface area contributed by atoms with E-state index in [-0.39, 0.29) is 0 Å². The smallest absolute Gasteiger partial charge is 0.0134 e. The highest BCUT2D eigenvalue weighted by Gasteiger charge is 1.94. The molecule has 0 aliphatic rings. The Morgan fingerprint density at radius 2 is 2.44 bits per heavy atom. The molecular weight excluding hydrogens is 112 g/mol. The van der Waals surface area contributed by atoms with Gasteiger partial charge >= 0.3 is 0 Å². The maximum absolute atomic E-state index is 5.34. The van der Waals surface area contributed by atoms with E-state index in [0.29, 0.717) is 6.04 Å². The molecule has 0 amide bonds. The number of nitrogens with one attached hydrogen (secondary N) is 1. The summed E-state index contributed by atoms with van der Waals surface area (Å²) < 4.78 is 0. The lowest BCUT2D eigenvalue weighted by Gasteiger charge is -2.09. The summed E-state index contributed by atoms with van der Waals surface area (Å²) in [5.41, 5.74) is 5.34. The largest absolute Gasteiger partial charge is 0.330 e. The molecule has 2 heteroatoms. The summed E-state index contributed by atoms with van der Waals surface area (Å²) in [5.74, 6) is 0. The average Bonchev–Trinajstić information content (AvgIpc) is 1.85. The average molecular weight is 128 g/mol. The highest BCUT2D eigenvalue weighted by Crippen LogP contribution is 1.85. The summed E-state index contributed by atoms with van der Waals surface area (Å²) in [4.78, 5) is 0. The molecule has 1 atom stereocenters. The van der Waals surface area contributed by atoms with Crippen LogP contribution in [0.1, 0.15) is 13.3 Å². The van der Waals surface area contributed by atoms with E-state index in [9.17, 15) is 0 Å². The van der Waals surface area contributed by atoms with Gasteiger partial charge in [0.25, 0.3) is 0 Å². The molecule has 0 aliphatic carbocycles. The van der Waals surface area contributed by atoms with Crippen LogP contribution in [0.2, 0.25) is 0 Å². The molecule has 0 bridgehead atoms. The van der Waals surface area contributed by atoms with Crippen molar-refractivity contribution in [2.75, 3.05) is 13.1 Å². The predicted molar refractivity (Wildman–Crippen MR) is 41.3 cm³/mol. The van der Waals surface area contributed by atoms with Crippen LogP contribution in [0.15, 0.2) is 12.7 Å². The third-order valence-corrected chi connectivity index (χ3v) is 1.21. The molecule has 54 valence electrons. The van der Waals surface area contributed by atoms with Crippen molar-refractivity contribution < 1.29 is 0 Å². The van der Waals surface area contributed by atoms with Crippen LogP contribution in [0.25, 0.3) is 0 Å². The quantitative estimate of drug-likeness (QED) is 0.529. The second-order valence-corrected chi connectivity index (χ2v) is 2.18. The molecule has 0 radical (unpaired) electrons. The summed E-state index contributed by atoms with van der Waals surface area (Å²) >= 11 is 0. The molecular formula is C7H16N2. The minimum Gasteiger partial charge on any atom is -0.330 e. The summed E-state index contributed by atoms with van der Waals surface area (Å²) in [6.07, 6.45) is 2.89. The number of rotatable bonds is 5. The van der Waals surface area contributed by atoms with Gasteiger partial charge < -0.3 is 11.1 Å². The molecule has 1 unspecified atom stereocenters. The summed E-state index contributed by atoms with van der Waals surface area (Å²) in [5, 5.41) is 3.24. The fourth-order valence-corrected chi connectivity index (χ4v) is 0.637. The van der Waals surface area contributed by atoms with Crippen molar-refractivity contribution in [2.24, 2.45) is 5.73 Å². The van der Waals surface area contributed by atoms with Gasteiger partial charge in [0.2, 0.25) is 0 Å². The third-order valence-electron chi connectivity index (χ3n) is 1.21. The lowest BCUT2D eigenvalue weighted by atomic mass is 10.2. The second-order valence-electron chi connectivity index (χ2n) is 2.18. The zero-order valence-electron chi connectivity index (χ0n) is 6.06. The standard InChI is InChI=1S/C7H16N2/c1-3-6-9-7(2)4-5-8/h3,7,9H,1,4-6,8H2,2H3. The molecule has 9 heavy (non-hydrogen) atoms. The van der Waals surface area contributed by atoms with Gasteiger partial charge in [-0.15, -0.1) is 6.58 Å². The fraction of sp³-hybridized carbons (Fsp3) is 0.714. The SMILES string of the molecule is C=CCNC(C)CCN. The monoisotopic (exact) mass is 128 g/mol. The maximum atomic E-state index is 5.34. The van der Waals surface area contributed by atoms with Crippen molar-refractivity contribution in [2.45, 2.75) is 19.4 Å². The van der Waals surface area contributed by atoms with Crippen LogP contribution < -0.4 is 11.1 Å². The van der Waals surface area contributed by atoms with E-state index in [0.717, 1.165) is 19.5 Å². The highest BCUT2D eigenvalue weighted by molar-refractivity contribution is 4.72. The van der Waals surface area contributed by atoms with Crippen LogP contribution >= 0.6 is 0 Å². The molecule has 0 saturated carbocycles. The second kappa shape index (κ2) is 5.79. The van der Waals surface area contributed by atoms with Crippen LogP contribution in [0.4, 0.5) is 0 Å². The van der Waals surface area contributed by atoms with Crippen LogP contribution in [0.5, 0.6) is 0 Å². The van der Waals surface area contributed by atoms with E-state index in [1.807, 2.05) is 6.08 Å². The Hall–Kier alpha value is -0.340. The van der Waals surface area contributed by atoms with Crippen LogP contribution in [0, 0.1) is 0 Å². The van der Waals surface area contributed by atoms with E-state index in [4.69, 9.17) is 5.73 Å². The van der Waals surface area contributed by atoms with Gasteiger partial charge in [0, 0.05) is 12.6 Å². The lowest BCUT2D eigenvalue weighted by Crippen LogP contribution is -2.28. The molecule has 0 aliphatic heterocycles. The molecule has 0 spiro atoms. The Morgan fingerprint density at radius 3 is 2.89 bits per heavy atom. The van der Waals surface area contributed by atoms with Gasteiger partial charge in [0.15, 0.2) is 0 Å². The van der Waals surface area contributed by atoms with Crippen LogP contribution in [0.3, 0.4) is 0 Å². The molecule has 0 rings (SSSR count). The first-order valence-corrected chi connectivity index (χ1v) is 3.35. The number of hydrogen-bond donors (Lipinski definition) is 2. The van der Waals surface area contributed by atoms with E-state index in [1.165, 1.54) is 0 Å². The van der Waals surface area contributed by atoms with Crippen molar-refractivity contribution in [3.05, 3.63) is 12.7 Å². The topological polar surface area (TPSA) is 38.0 Å². The Bertz CT molecular complexity index is 71.3. The lowest BCUT2D eigenvalue weighted by molar-refractivity contribution is 0.550. The van der Waals surface area contributed by atoms with Gasteiger partial charge in [-0.3, -0.25) is 0 Å². The van der Waals surface area contributed by atoms with E-state index >= 15 is 0 Å². The fourth-order valence-electron chi connectivity index (χ4n) is 0.637. The van der Waals surface area contributed by atoms with Crippen molar-refractivity contribution in [3.63, 3.8) is 0 Å². The molecule has 2 nitrogen and oxygen atoms in total. The Kier molecular flexibility index (Phi) is 5.57. The molecule has 0 heterocycles. The van der Waals surface area contributed by atoms with Crippen LogP contribution in [-0.2, 0) is 0 Å². The van der Waals surface area contributed by atoms with Crippen molar-refractivity contribution >= 4 is 0 Å². The Labute approximate surface area is 57.1 Å². The highest BCUT2D eigenvalue weighted by atomic mass is 14.9. The van der Waals surface area contributed by atoms with E-state index in [2.05, 4.69) is 18.8 Å². The van der Waals surface area contributed by atoms with E-state index < -0.39 is 0 Å². The van der Waals surface area contributed by atoms with E-state index in [1.54, 1.807) is 0 Å². The molecule has 3 N–H and O–H groups in total. The maximum Gasteiger partial charge on any atom is 0.0134 e. The van der Waals surface area contributed by atoms with Crippen molar-refractivity contribution in [1.82, 2.24) is 5.32 Å². The first kappa shape index (κ1) is 8.66. The summed E-state index contributed by atoms with van der Waals surface area (Å²) in [6.45, 7) is 7.35. The van der Waals surface area contributed by atoms with Gasteiger partial charge in [-0.1, -0.05) is 6.08 Å². The summed E-state index contributed by atoms with van der Waals surface area (Å²) in [7, 11) is 0. The predicted octanol–water partition coefficient (Wildman–Crippen LogP) is 0.499. The zero-order chi connectivity index (χ0) is 7.11. The van der Waals surface area contributed by atoms with Gasteiger partial charge in [0.05, 0.1) is 0 Å². The summed E-state index contributed by atoms with van der Waals surface area (Å²) in [6, 6.07) is 0.521. The zero-order valence-corrected chi connectivity index (χ0v) is 6.06. The van der Waals surface area contributed by atoms with Gasteiger partial charge in [-0.25, -0.2) is 0 Å². The number of hydrogen-bond acceptors (Lipinski definition) is 2. The van der Waals surface area contributed by atoms with Gasteiger partial charge in [0.1, 0.15) is 0 Å². The van der Waals surface area contributed by atoms with Crippen molar-refractivity contribution in [1.29, 1.82) is 0 Å². The molecule has 0 fully saturated rings. The van der Waals surface area contributed by atoms with Gasteiger partial charge in [-0.05, 0) is 19.9 Å². The van der Waals surface area contributed by atoms with Gasteiger partial charge in [-0.2, -0.15) is 0 Å². The number of nitrogens with two attached hydrogens (primary N) is 1. The molecule has 0 aromatic rings. The van der Waals surface area contributed by atoms with Crippen LogP contribution in [-0.4, -0.2) is 19.1 Å². The first-order valence-electron chi connectivity index (χ1n) is 3.35. The third kappa shape index (κ3) is 5.53. The van der Waals surface area contributed by atoms with Crippen molar-refractivity contribution in [3.8, 4) is 0 Å². The molecule has 0 saturated heterocycles. The Balaban J connectivity index is 3.04. The minimum absolute atomic E-state index is 0.521. The normalized spacial score (nSPS) is 13.1. The Morgan fingerprint density at radius 1 is 1.78 bits per heavy atom.